The standard InChI is InChI=1S/C16H27NO/c1-5-13(8-7-12(3)17)16-10-9-15(18-4)11-14(16)6-2/h9-13H,5-8,17H2,1-4H3. The van der Waals surface area contributed by atoms with E-state index in [4.69, 9.17) is 10.5 Å². The van der Waals surface area contributed by atoms with Crippen LogP contribution in [0.1, 0.15) is 57.1 Å². The van der Waals surface area contributed by atoms with E-state index in [2.05, 4.69) is 39.0 Å². The highest BCUT2D eigenvalue weighted by Crippen LogP contribution is 2.30. The lowest BCUT2D eigenvalue weighted by atomic mass is 9.86. The Balaban J connectivity index is 2.90. The van der Waals surface area contributed by atoms with E-state index in [0.717, 1.165) is 18.6 Å². The summed E-state index contributed by atoms with van der Waals surface area (Å²) < 4.78 is 5.30. The Labute approximate surface area is 112 Å². The Morgan fingerprint density at radius 3 is 2.44 bits per heavy atom. The summed E-state index contributed by atoms with van der Waals surface area (Å²) in [5.74, 6) is 1.58. The van der Waals surface area contributed by atoms with Crippen molar-refractivity contribution in [1.82, 2.24) is 0 Å². The number of ether oxygens (including phenoxy) is 1. The number of aryl methyl sites for hydroxylation is 1. The molecule has 0 saturated carbocycles. The number of hydrogen-bond donors (Lipinski definition) is 1. The molecule has 1 rings (SSSR count). The molecule has 102 valence electrons. The minimum absolute atomic E-state index is 0.294. The van der Waals surface area contributed by atoms with Gasteiger partial charge in [0.2, 0.25) is 0 Å². The summed E-state index contributed by atoms with van der Waals surface area (Å²) in [7, 11) is 1.72. The molecule has 0 aliphatic carbocycles. The Kier molecular flexibility index (Phi) is 6.20. The monoisotopic (exact) mass is 249 g/mol. The highest BCUT2D eigenvalue weighted by Gasteiger charge is 2.14. The Hall–Kier alpha value is -1.02. The zero-order valence-corrected chi connectivity index (χ0v) is 12.2. The molecule has 0 aliphatic heterocycles. The molecule has 0 bridgehead atoms. The first kappa shape index (κ1) is 15.0. The summed E-state index contributed by atoms with van der Waals surface area (Å²) in [5.41, 5.74) is 8.75. The summed E-state index contributed by atoms with van der Waals surface area (Å²) >= 11 is 0. The van der Waals surface area contributed by atoms with Crippen molar-refractivity contribution >= 4 is 0 Å². The molecule has 2 atom stereocenters. The van der Waals surface area contributed by atoms with E-state index >= 15 is 0 Å². The van der Waals surface area contributed by atoms with Gasteiger partial charge < -0.3 is 10.5 Å². The van der Waals surface area contributed by atoms with Gasteiger partial charge in [-0.2, -0.15) is 0 Å². The number of benzene rings is 1. The van der Waals surface area contributed by atoms with Crippen LogP contribution < -0.4 is 10.5 Å². The van der Waals surface area contributed by atoms with Gasteiger partial charge in [-0.15, -0.1) is 0 Å². The molecule has 18 heavy (non-hydrogen) atoms. The van der Waals surface area contributed by atoms with Gasteiger partial charge in [0.1, 0.15) is 5.75 Å². The molecule has 2 N–H and O–H groups in total. The molecule has 0 spiro atoms. The second kappa shape index (κ2) is 7.42. The van der Waals surface area contributed by atoms with E-state index in [1.54, 1.807) is 7.11 Å². The minimum Gasteiger partial charge on any atom is -0.497 e. The van der Waals surface area contributed by atoms with Crippen molar-refractivity contribution in [3.8, 4) is 5.75 Å². The Bertz CT molecular complexity index is 360. The first-order valence-electron chi connectivity index (χ1n) is 7.04. The van der Waals surface area contributed by atoms with E-state index in [1.807, 2.05) is 0 Å². The molecule has 2 nitrogen and oxygen atoms in total. The summed E-state index contributed by atoms with van der Waals surface area (Å²) in [5, 5.41) is 0. The molecular formula is C16H27NO. The molecule has 2 unspecified atom stereocenters. The van der Waals surface area contributed by atoms with Crippen LogP contribution in [-0.2, 0) is 6.42 Å². The lowest BCUT2D eigenvalue weighted by molar-refractivity contribution is 0.413. The van der Waals surface area contributed by atoms with Gasteiger partial charge in [0.25, 0.3) is 0 Å². The highest BCUT2D eigenvalue weighted by atomic mass is 16.5. The molecule has 0 aromatic heterocycles. The highest BCUT2D eigenvalue weighted by molar-refractivity contribution is 5.37. The van der Waals surface area contributed by atoms with Gasteiger partial charge >= 0.3 is 0 Å². The lowest BCUT2D eigenvalue weighted by Crippen LogP contribution is -2.16. The summed E-state index contributed by atoms with van der Waals surface area (Å²) in [6.07, 6.45) is 4.49. The van der Waals surface area contributed by atoms with Crippen LogP contribution in [0, 0.1) is 0 Å². The summed E-state index contributed by atoms with van der Waals surface area (Å²) in [4.78, 5) is 0. The van der Waals surface area contributed by atoms with Crippen LogP contribution in [0.5, 0.6) is 5.75 Å². The number of nitrogens with two attached hydrogens (primary N) is 1. The van der Waals surface area contributed by atoms with Gasteiger partial charge in [-0.3, -0.25) is 0 Å². The third-order valence-corrected chi connectivity index (χ3v) is 3.63. The summed E-state index contributed by atoms with van der Waals surface area (Å²) in [6.45, 7) is 6.55. The first-order chi connectivity index (χ1) is 8.62. The number of hydrogen-bond acceptors (Lipinski definition) is 2. The molecule has 0 amide bonds. The van der Waals surface area contributed by atoms with E-state index in [1.165, 1.54) is 24.0 Å². The van der Waals surface area contributed by atoms with Crippen LogP contribution in [-0.4, -0.2) is 13.2 Å². The first-order valence-corrected chi connectivity index (χ1v) is 7.04. The topological polar surface area (TPSA) is 35.2 Å². The fourth-order valence-corrected chi connectivity index (χ4v) is 2.46. The maximum Gasteiger partial charge on any atom is 0.119 e. The average molecular weight is 249 g/mol. The van der Waals surface area contributed by atoms with E-state index in [9.17, 15) is 0 Å². The number of rotatable bonds is 7. The average Bonchev–Trinajstić information content (AvgIpc) is 2.39. The van der Waals surface area contributed by atoms with Crippen molar-refractivity contribution in [1.29, 1.82) is 0 Å². The van der Waals surface area contributed by atoms with Crippen LogP contribution in [0.4, 0.5) is 0 Å². The van der Waals surface area contributed by atoms with Crippen molar-refractivity contribution < 1.29 is 4.74 Å². The smallest absolute Gasteiger partial charge is 0.119 e. The minimum atomic E-state index is 0.294. The van der Waals surface area contributed by atoms with Crippen molar-refractivity contribution in [2.45, 2.75) is 58.4 Å². The molecule has 0 aliphatic rings. The zero-order chi connectivity index (χ0) is 13.5. The quantitative estimate of drug-likeness (QED) is 0.796. The second-order valence-electron chi connectivity index (χ2n) is 5.08. The van der Waals surface area contributed by atoms with Crippen LogP contribution in [0.2, 0.25) is 0 Å². The Morgan fingerprint density at radius 2 is 1.94 bits per heavy atom. The van der Waals surface area contributed by atoms with Crippen LogP contribution >= 0.6 is 0 Å². The van der Waals surface area contributed by atoms with E-state index < -0.39 is 0 Å². The molecule has 0 saturated heterocycles. The third-order valence-electron chi connectivity index (χ3n) is 3.63. The van der Waals surface area contributed by atoms with Gasteiger partial charge in [0.15, 0.2) is 0 Å². The Morgan fingerprint density at radius 1 is 1.22 bits per heavy atom. The van der Waals surface area contributed by atoms with Gasteiger partial charge in [0.05, 0.1) is 7.11 Å². The molecule has 1 aromatic rings. The van der Waals surface area contributed by atoms with Crippen molar-refractivity contribution in [3.05, 3.63) is 29.3 Å². The van der Waals surface area contributed by atoms with Crippen molar-refractivity contribution in [2.24, 2.45) is 5.73 Å². The fraction of sp³-hybridized carbons (Fsp3) is 0.625. The molecule has 0 fully saturated rings. The second-order valence-corrected chi connectivity index (χ2v) is 5.08. The van der Waals surface area contributed by atoms with Gasteiger partial charge in [-0.05, 0) is 61.8 Å². The fourth-order valence-electron chi connectivity index (χ4n) is 2.46. The molecule has 0 heterocycles. The van der Waals surface area contributed by atoms with Gasteiger partial charge in [0, 0.05) is 6.04 Å². The van der Waals surface area contributed by atoms with Gasteiger partial charge in [-0.1, -0.05) is 19.9 Å². The van der Waals surface area contributed by atoms with E-state index in [-0.39, 0.29) is 0 Å². The maximum absolute atomic E-state index is 5.87. The normalized spacial score (nSPS) is 14.3. The van der Waals surface area contributed by atoms with Crippen molar-refractivity contribution in [2.75, 3.05) is 7.11 Å². The predicted molar refractivity (Wildman–Crippen MR) is 78.3 cm³/mol. The third kappa shape index (κ3) is 4.02. The van der Waals surface area contributed by atoms with E-state index in [0.29, 0.717) is 12.0 Å². The van der Waals surface area contributed by atoms with Crippen LogP contribution in [0.25, 0.3) is 0 Å². The zero-order valence-electron chi connectivity index (χ0n) is 12.2. The summed E-state index contributed by atoms with van der Waals surface area (Å²) in [6, 6.07) is 6.77. The van der Waals surface area contributed by atoms with Crippen molar-refractivity contribution in [3.63, 3.8) is 0 Å². The van der Waals surface area contributed by atoms with Crippen LogP contribution in [0.3, 0.4) is 0 Å². The largest absolute Gasteiger partial charge is 0.497 e. The SMILES string of the molecule is CCc1cc(OC)ccc1C(CC)CCC(C)N. The maximum atomic E-state index is 5.87. The molecule has 1 aromatic carbocycles. The molecule has 2 heteroatoms. The predicted octanol–water partition coefficient (Wildman–Crippen LogP) is 3.88. The number of methoxy groups -OCH3 is 1. The van der Waals surface area contributed by atoms with Gasteiger partial charge in [-0.25, -0.2) is 0 Å². The molecule has 0 radical (unpaired) electrons. The lowest BCUT2D eigenvalue weighted by Gasteiger charge is -2.20. The van der Waals surface area contributed by atoms with Crippen LogP contribution in [0.15, 0.2) is 18.2 Å². The molecular weight excluding hydrogens is 222 g/mol.